The van der Waals surface area contributed by atoms with Crippen molar-refractivity contribution in [3.63, 3.8) is 0 Å². The molecule has 1 amide bonds. The van der Waals surface area contributed by atoms with Crippen LogP contribution in [0, 0.1) is 13.8 Å². The highest BCUT2D eigenvalue weighted by Gasteiger charge is 2.18. The third-order valence-electron chi connectivity index (χ3n) is 4.62. The lowest BCUT2D eigenvalue weighted by Crippen LogP contribution is -2.30. The van der Waals surface area contributed by atoms with E-state index >= 15 is 0 Å². The summed E-state index contributed by atoms with van der Waals surface area (Å²) in [6, 6.07) is 18.2. The molecule has 3 rings (SSSR count). The lowest BCUT2D eigenvalue weighted by atomic mass is 10.2. The van der Waals surface area contributed by atoms with Crippen LogP contribution in [-0.2, 0) is 14.8 Å². The predicted molar refractivity (Wildman–Crippen MR) is 123 cm³/mol. The number of anilines is 2. The largest absolute Gasteiger partial charge is 0.481 e. The molecule has 0 aliphatic rings. The Bertz CT molecular complexity index is 1190. The first-order chi connectivity index (χ1) is 14.7. The van der Waals surface area contributed by atoms with E-state index in [0.29, 0.717) is 22.1 Å². The zero-order valence-corrected chi connectivity index (χ0v) is 18.9. The number of aryl methyl sites for hydroxylation is 2. The highest BCUT2D eigenvalue weighted by Crippen LogP contribution is 2.23. The van der Waals surface area contributed by atoms with Crippen LogP contribution < -0.4 is 14.8 Å². The number of amides is 1. The van der Waals surface area contributed by atoms with E-state index in [-0.39, 0.29) is 10.8 Å². The molecule has 0 radical (unpaired) electrons. The van der Waals surface area contributed by atoms with E-state index in [1.807, 2.05) is 32.0 Å². The molecule has 0 aliphatic heterocycles. The molecule has 0 spiro atoms. The van der Waals surface area contributed by atoms with Gasteiger partial charge in [0.05, 0.1) is 10.6 Å². The van der Waals surface area contributed by atoms with Gasteiger partial charge in [0.1, 0.15) is 5.75 Å². The van der Waals surface area contributed by atoms with E-state index in [1.165, 1.54) is 24.3 Å². The maximum atomic E-state index is 12.6. The minimum Gasteiger partial charge on any atom is -0.481 e. The Morgan fingerprint density at radius 2 is 1.58 bits per heavy atom. The fourth-order valence-corrected chi connectivity index (χ4v) is 3.99. The number of para-hydroxylation sites is 1. The van der Waals surface area contributed by atoms with Crippen LogP contribution in [0.25, 0.3) is 0 Å². The maximum Gasteiger partial charge on any atom is 0.265 e. The predicted octanol–water partition coefficient (Wildman–Crippen LogP) is 5.16. The minimum atomic E-state index is -3.80. The molecule has 2 N–H and O–H groups in total. The number of nitrogens with one attached hydrogen (secondary N) is 2. The van der Waals surface area contributed by atoms with Crippen molar-refractivity contribution < 1.29 is 17.9 Å². The second kappa shape index (κ2) is 9.41. The summed E-state index contributed by atoms with van der Waals surface area (Å²) in [6.07, 6.45) is -0.725. The van der Waals surface area contributed by atoms with Gasteiger partial charge >= 0.3 is 0 Å². The molecule has 6 nitrogen and oxygen atoms in total. The molecule has 0 heterocycles. The van der Waals surface area contributed by atoms with Crippen molar-refractivity contribution in [3.8, 4) is 5.75 Å². The van der Waals surface area contributed by atoms with Gasteiger partial charge in [-0.15, -0.1) is 0 Å². The quantitative estimate of drug-likeness (QED) is 0.512. The summed E-state index contributed by atoms with van der Waals surface area (Å²) in [4.78, 5) is 12.5. The lowest BCUT2D eigenvalue weighted by molar-refractivity contribution is -0.122. The van der Waals surface area contributed by atoms with Crippen molar-refractivity contribution in [1.82, 2.24) is 0 Å². The molecule has 0 bridgehead atoms. The third kappa shape index (κ3) is 5.77. The molecule has 3 aromatic rings. The number of carbonyl (C=O) groups excluding carboxylic acids is 1. The van der Waals surface area contributed by atoms with Gasteiger partial charge in [0, 0.05) is 10.7 Å². The second-order valence-corrected chi connectivity index (χ2v) is 9.20. The van der Waals surface area contributed by atoms with Crippen molar-refractivity contribution in [3.05, 3.63) is 82.9 Å². The average molecular weight is 459 g/mol. The van der Waals surface area contributed by atoms with E-state index < -0.39 is 16.1 Å². The van der Waals surface area contributed by atoms with E-state index in [1.54, 1.807) is 31.2 Å². The molecule has 0 aliphatic carbocycles. The summed E-state index contributed by atoms with van der Waals surface area (Å²) >= 11 is 6.06. The highest BCUT2D eigenvalue weighted by atomic mass is 35.5. The van der Waals surface area contributed by atoms with Gasteiger partial charge in [0.2, 0.25) is 0 Å². The maximum absolute atomic E-state index is 12.6. The van der Waals surface area contributed by atoms with Crippen LogP contribution in [0.1, 0.15) is 18.1 Å². The fraction of sp³-hybridized carbons (Fsp3) is 0.174. The number of hydrogen-bond acceptors (Lipinski definition) is 4. The first-order valence-corrected chi connectivity index (χ1v) is 11.4. The number of hydrogen-bond donors (Lipinski definition) is 2. The van der Waals surface area contributed by atoms with Crippen molar-refractivity contribution in [2.45, 2.75) is 31.8 Å². The van der Waals surface area contributed by atoms with Gasteiger partial charge in [0.25, 0.3) is 15.9 Å². The number of ether oxygens (including phenoxy) is 1. The Balaban J connectivity index is 1.65. The SMILES string of the molecule is Cc1ccc(NS(=O)(=O)c2ccc(NC(=O)C(C)Oc3ccccc3C)cc2)cc1Cl. The fourth-order valence-electron chi connectivity index (χ4n) is 2.76. The first-order valence-electron chi connectivity index (χ1n) is 9.58. The number of halogens is 1. The van der Waals surface area contributed by atoms with Gasteiger partial charge < -0.3 is 10.1 Å². The van der Waals surface area contributed by atoms with Gasteiger partial charge in [-0.05, 0) is 74.4 Å². The molecular formula is C23H23ClN2O4S. The number of carbonyl (C=O) groups is 1. The monoisotopic (exact) mass is 458 g/mol. The molecule has 1 unspecified atom stereocenters. The summed E-state index contributed by atoms with van der Waals surface area (Å²) < 4.78 is 33.4. The summed E-state index contributed by atoms with van der Waals surface area (Å²) in [6.45, 7) is 5.38. The lowest BCUT2D eigenvalue weighted by Gasteiger charge is -2.16. The second-order valence-electron chi connectivity index (χ2n) is 7.11. The normalized spacial score (nSPS) is 12.1. The third-order valence-corrected chi connectivity index (χ3v) is 6.43. The molecule has 31 heavy (non-hydrogen) atoms. The number of benzene rings is 3. The molecular weight excluding hydrogens is 436 g/mol. The highest BCUT2D eigenvalue weighted by molar-refractivity contribution is 7.92. The van der Waals surface area contributed by atoms with Crippen LogP contribution in [0.2, 0.25) is 5.02 Å². The van der Waals surface area contributed by atoms with Crippen molar-refractivity contribution in [2.75, 3.05) is 10.0 Å². The van der Waals surface area contributed by atoms with Crippen molar-refractivity contribution >= 4 is 38.9 Å². The molecule has 8 heteroatoms. The van der Waals surface area contributed by atoms with E-state index in [9.17, 15) is 13.2 Å². The Hall–Kier alpha value is -3.03. The van der Waals surface area contributed by atoms with Crippen molar-refractivity contribution in [2.24, 2.45) is 0 Å². The Kier molecular flexibility index (Phi) is 6.87. The van der Waals surface area contributed by atoms with Crippen molar-refractivity contribution in [1.29, 1.82) is 0 Å². The van der Waals surface area contributed by atoms with Gasteiger partial charge in [-0.1, -0.05) is 35.9 Å². The standard InChI is InChI=1S/C23H23ClN2O4S/c1-15-8-9-19(14-21(15)24)26-31(28,29)20-12-10-18(11-13-20)25-23(27)17(3)30-22-7-5-4-6-16(22)2/h4-14,17,26H,1-3H3,(H,25,27). The summed E-state index contributed by atoms with van der Waals surface area (Å²) in [5.74, 6) is 0.292. The first kappa shape index (κ1) is 22.7. The van der Waals surface area contributed by atoms with Gasteiger partial charge in [0.15, 0.2) is 6.10 Å². The molecule has 162 valence electrons. The molecule has 1 atom stereocenters. The van der Waals surface area contributed by atoms with Crippen LogP contribution in [0.15, 0.2) is 71.6 Å². The minimum absolute atomic E-state index is 0.0615. The topological polar surface area (TPSA) is 84.5 Å². The van der Waals surface area contributed by atoms with Crippen LogP contribution in [0.5, 0.6) is 5.75 Å². The Labute approximate surface area is 187 Å². The van der Waals surface area contributed by atoms with Crippen LogP contribution in [0.4, 0.5) is 11.4 Å². The van der Waals surface area contributed by atoms with E-state index in [0.717, 1.165) is 11.1 Å². The molecule has 0 fully saturated rings. The Morgan fingerprint density at radius 1 is 0.935 bits per heavy atom. The number of sulfonamides is 1. The van der Waals surface area contributed by atoms with E-state index in [2.05, 4.69) is 10.0 Å². The van der Waals surface area contributed by atoms with Crippen LogP contribution in [0.3, 0.4) is 0 Å². The number of rotatable bonds is 7. The van der Waals surface area contributed by atoms with Gasteiger partial charge in [-0.2, -0.15) is 0 Å². The molecule has 0 saturated carbocycles. The zero-order chi connectivity index (χ0) is 22.6. The summed E-state index contributed by atoms with van der Waals surface area (Å²) in [5.41, 5.74) is 2.61. The van der Waals surface area contributed by atoms with Gasteiger partial charge in [-0.25, -0.2) is 8.42 Å². The summed E-state index contributed by atoms with van der Waals surface area (Å²) in [7, 11) is -3.80. The molecule has 0 aromatic heterocycles. The van der Waals surface area contributed by atoms with Crippen LogP contribution in [-0.4, -0.2) is 20.4 Å². The zero-order valence-electron chi connectivity index (χ0n) is 17.3. The average Bonchev–Trinajstić information content (AvgIpc) is 2.72. The summed E-state index contributed by atoms with van der Waals surface area (Å²) in [5, 5.41) is 3.20. The van der Waals surface area contributed by atoms with E-state index in [4.69, 9.17) is 16.3 Å². The van der Waals surface area contributed by atoms with Crippen LogP contribution >= 0.6 is 11.6 Å². The van der Waals surface area contributed by atoms with Gasteiger partial charge in [-0.3, -0.25) is 9.52 Å². The molecule has 3 aromatic carbocycles. The molecule has 0 saturated heterocycles. The Morgan fingerprint density at radius 3 is 2.23 bits per heavy atom. The smallest absolute Gasteiger partial charge is 0.265 e.